The number of rotatable bonds is 4. The molecular weight excluding hydrogens is 238 g/mol. The molecule has 2 aromatic heterocycles. The van der Waals surface area contributed by atoms with Crippen LogP contribution in [-0.4, -0.2) is 25.8 Å². The van der Waals surface area contributed by atoms with Gasteiger partial charge in [0.05, 0.1) is 6.54 Å². The minimum Gasteiger partial charge on any atom is -0.367 e. The van der Waals surface area contributed by atoms with Crippen LogP contribution in [-0.2, 0) is 19.5 Å². The first-order chi connectivity index (χ1) is 9.22. The van der Waals surface area contributed by atoms with Gasteiger partial charge in [0.1, 0.15) is 5.82 Å². The van der Waals surface area contributed by atoms with E-state index in [-0.39, 0.29) is 0 Å². The maximum absolute atomic E-state index is 4.61. The van der Waals surface area contributed by atoms with Gasteiger partial charge in [-0.1, -0.05) is 13.8 Å². The van der Waals surface area contributed by atoms with Crippen molar-refractivity contribution in [2.24, 2.45) is 0 Å². The number of aromatic nitrogens is 4. The number of aromatic amines is 1. The molecule has 0 saturated carbocycles. The predicted molar refractivity (Wildman–Crippen MR) is 73.9 cm³/mol. The van der Waals surface area contributed by atoms with E-state index in [0.717, 1.165) is 37.6 Å². The lowest BCUT2D eigenvalue weighted by atomic mass is 10.1. The van der Waals surface area contributed by atoms with E-state index < -0.39 is 0 Å². The number of fused-ring (bicyclic) bond motifs is 1. The van der Waals surface area contributed by atoms with E-state index in [2.05, 4.69) is 45.0 Å². The smallest absolute Gasteiger partial charge is 0.153 e. The molecule has 1 unspecified atom stereocenters. The van der Waals surface area contributed by atoms with Gasteiger partial charge < -0.3 is 10.3 Å². The molecule has 0 aromatic carbocycles. The zero-order valence-electron chi connectivity index (χ0n) is 11.6. The molecular formula is C14H21N5. The Morgan fingerprint density at radius 2 is 2.42 bits per heavy atom. The molecule has 1 atom stereocenters. The van der Waals surface area contributed by atoms with Crippen molar-refractivity contribution in [3.8, 4) is 0 Å². The molecule has 2 aromatic rings. The number of hydrogen-bond donors (Lipinski definition) is 2. The molecule has 0 fully saturated rings. The van der Waals surface area contributed by atoms with Crippen LogP contribution in [0.15, 0.2) is 18.5 Å². The van der Waals surface area contributed by atoms with E-state index in [1.165, 1.54) is 5.56 Å². The lowest BCUT2D eigenvalue weighted by Crippen LogP contribution is -2.37. The van der Waals surface area contributed by atoms with Crippen LogP contribution in [0.2, 0.25) is 0 Å². The standard InChI is InChI=1S/C14H21N5/c1-10(2)14-17-13-4-3-12(9-19(13)18-14)16-8-11-5-6-15-7-11/h5-7,10,12,15-16H,3-4,8-9H2,1-2H3. The highest BCUT2D eigenvalue weighted by Gasteiger charge is 2.21. The summed E-state index contributed by atoms with van der Waals surface area (Å²) in [6.07, 6.45) is 6.15. The van der Waals surface area contributed by atoms with Crippen molar-refractivity contribution in [2.45, 2.75) is 51.7 Å². The average Bonchev–Trinajstić information content (AvgIpc) is 3.04. The number of H-pyrrole nitrogens is 1. The van der Waals surface area contributed by atoms with Crippen LogP contribution in [0, 0.1) is 0 Å². The maximum atomic E-state index is 4.61. The SMILES string of the molecule is CC(C)c1nc2n(n1)CC(NCc1cc[nH]c1)CC2. The second-order valence-electron chi connectivity index (χ2n) is 5.56. The van der Waals surface area contributed by atoms with E-state index in [9.17, 15) is 0 Å². The Kier molecular flexibility index (Phi) is 3.38. The molecule has 5 nitrogen and oxygen atoms in total. The zero-order valence-corrected chi connectivity index (χ0v) is 11.6. The van der Waals surface area contributed by atoms with Crippen molar-refractivity contribution in [3.63, 3.8) is 0 Å². The van der Waals surface area contributed by atoms with E-state index >= 15 is 0 Å². The van der Waals surface area contributed by atoms with Crippen LogP contribution in [0.1, 0.15) is 43.4 Å². The molecule has 0 saturated heterocycles. The summed E-state index contributed by atoms with van der Waals surface area (Å²) in [4.78, 5) is 7.70. The molecule has 102 valence electrons. The highest BCUT2D eigenvalue weighted by molar-refractivity contribution is 5.08. The first-order valence-corrected chi connectivity index (χ1v) is 7.01. The van der Waals surface area contributed by atoms with Crippen molar-refractivity contribution < 1.29 is 0 Å². The molecule has 19 heavy (non-hydrogen) atoms. The lowest BCUT2D eigenvalue weighted by molar-refractivity contribution is 0.357. The van der Waals surface area contributed by atoms with Gasteiger partial charge in [0.25, 0.3) is 0 Å². The highest BCUT2D eigenvalue weighted by atomic mass is 15.4. The van der Waals surface area contributed by atoms with Crippen molar-refractivity contribution in [2.75, 3.05) is 0 Å². The normalized spacial score (nSPS) is 18.8. The van der Waals surface area contributed by atoms with Gasteiger partial charge in [0.2, 0.25) is 0 Å². The second kappa shape index (κ2) is 5.17. The van der Waals surface area contributed by atoms with E-state index in [1.807, 2.05) is 12.4 Å². The predicted octanol–water partition coefficient (Wildman–Crippen LogP) is 1.83. The quantitative estimate of drug-likeness (QED) is 0.880. The monoisotopic (exact) mass is 259 g/mol. The molecule has 0 amide bonds. The number of nitrogens with one attached hydrogen (secondary N) is 2. The molecule has 1 aliphatic rings. The van der Waals surface area contributed by atoms with E-state index in [4.69, 9.17) is 0 Å². The summed E-state index contributed by atoms with van der Waals surface area (Å²) < 4.78 is 2.08. The van der Waals surface area contributed by atoms with Gasteiger partial charge in [-0.05, 0) is 18.1 Å². The summed E-state index contributed by atoms with van der Waals surface area (Å²) in [5.41, 5.74) is 1.30. The van der Waals surface area contributed by atoms with E-state index in [0.29, 0.717) is 12.0 Å². The Balaban J connectivity index is 1.62. The van der Waals surface area contributed by atoms with Crippen molar-refractivity contribution in [1.82, 2.24) is 25.1 Å². The van der Waals surface area contributed by atoms with Crippen LogP contribution in [0.25, 0.3) is 0 Å². The van der Waals surface area contributed by atoms with Gasteiger partial charge in [0.15, 0.2) is 5.82 Å². The van der Waals surface area contributed by atoms with E-state index in [1.54, 1.807) is 0 Å². The molecule has 0 radical (unpaired) electrons. The summed E-state index contributed by atoms with van der Waals surface area (Å²) in [6, 6.07) is 2.59. The van der Waals surface area contributed by atoms with Crippen LogP contribution < -0.4 is 5.32 Å². The molecule has 0 bridgehead atoms. The van der Waals surface area contributed by atoms with Crippen LogP contribution in [0.3, 0.4) is 0 Å². The summed E-state index contributed by atoms with van der Waals surface area (Å²) >= 11 is 0. The summed E-state index contributed by atoms with van der Waals surface area (Å²) in [5, 5.41) is 8.20. The Morgan fingerprint density at radius 3 is 3.16 bits per heavy atom. The fraction of sp³-hybridized carbons (Fsp3) is 0.571. The molecule has 2 N–H and O–H groups in total. The zero-order chi connectivity index (χ0) is 13.2. The molecule has 0 spiro atoms. The molecule has 3 rings (SSSR count). The van der Waals surface area contributed by atoms with Gasteiger partial charge >= 0.3 is 0 Å². The summed E-state index contributed by atoms with van der Waals surface area (Å²) in [7, 11) is 0. The molecule has 5 heteroatoms. The largest absolute Gasteiger partial charge is 0.367 e. The minimum atomic E-state index is 0.407. The Hall–Kier alpha value is -1.62. The van der Waals surface area contributed by atoms with Crippen LogP contribution >= 0.6 is 0 Å². The number of aryl methyl sites for hydroxylation is 1. The van der Waals surface area contributed by atoms with Crippen LogP contribution in [0.5, 0.6) is 0 Å². The van der Waals surface area contributed by atoms with Crippen molar-refractivity contribution in [3.05, 3.63) is 35.7 Å². The Bertz CT molecular complexity index is 526. The second-order valence-corrected chi connectivity index (χ2v) is 5.56. The number of nitrogens with zero attached hydrogens (tertiary/aromatic N) is 3. The van der Waals surface area contributed by atoms with Gasteiger partial charge in [-0.25, -0.2) is 9.67 Å². The molecule has 3 heterocycles. The lowest BCUT2D eigenvalue weighted by Gasteiger charge is -2.23. The third-order valence-electron chi connectivity index (χ3n) is 3.65. The van der Waals surface area contributed by atoms with Gasteiger partial charge in [-0.3, -0.25) is 0 Å². The van der Waals surface area contributed by atoms with Crippen molar-refractivity contribution in [1.29, 1.82) is 0 Å². The topological polar surface area (TPSA) is 58.5 Å². The maximum Gasteiger partial charge on any atom is 0.153 e. The third kappa shape index (κ3) is 2.71. The van der Waals surface area contributed by atoms with Crippen molar-refractivity contribution >= 4 is 0 Å². The summed E-state index contributed by atoms with van der Waals surface area (Å²) in [6.45, 7) is 6.13. The Morgan fingerprint density at radius 1 is 1.53 bits per heavy atom. The average molecular weight is 259 g/mol. The first-order valence-electron chi connectivity index (χ1n) is 7.01. The van der Waals surface area contributed by atoms with Gasteiger partial charge in [-0.2, -0.15) is 5.10 Å². The van der Waals surface area contributed by atoms with Gasteiger partial charge in [-0.15, -0.1) is 0 Å². The summed E-state index contributed by atoms with van der Waals surface area (Å²) in [5.74, 6) is 2.52. The third-order valence-corrected chi connectivity index (χ3v) is 3.65. The number of hydrogen-bond acceptors (Lipinski definition) is 3. The first kappa shape index (κ1) is 12.4. The minimum absolute atomic E-state index is 0.407. The Labute approximate surface area is 113 Å². The van der Waals surface area contributed by atoms with Gasteiger partial charge in [0, 0.05) is 37.3 Å². The molecule has 1 aliphatic heterocycles. The molecule has 0 aliphatic carbocycles. The fourth-order valence-corrected chi connectivity index (χ4v) is 2.47. The van der Waals surface area contributed by atoms with Crippen LogP contribution in [0.4, 0.5) is 0 Å². The fourth-order valence-electron chi connectivity index (χ4n) is 2.47. The highest BCUT2D eigenvalue weighted by Crippen LogP contribution is 2.17.